The maximum absolute atomic E-state index is 12.1. The molecule has 0 aromatic heterocycles. The van der Waals surface area contributed by atoms with Gasteiger partial charge in [0.25, 0.3) is 5.91 Å². The van der Waals surface area contributed by atoms with E-state index in [1.807, 2.05) is 18.2 Å². The Morgan fingerprint density at radius 2 is 1.50 bits per heavy atom. The fourth-order valence-electron chi connectivity index (χ4n) is 2.35. The first-order valence-electron chi connectivity index (χ1n) is 9.56. The predicted octanol–water partition coefficient (Wildman–Crippen LogP) is 3.56. The van der Waals surface area contributed by atoms with Crippen molar-refractivity contribution in [3.8, 4) is 5.75 Å². The van der Waals surface area contributed by atoms with Gasteiger partial charge in [0.2, 0.25) is 5.91 Å². The minimum Gasteiger partial charge on any atom is -0.484 e. The monoisotopic (exact) mass is 413 g/mol. The number of para-hydroxylation sites is 1. The third kappa shape index (κ3) is 9.09. The highest BCUT2D eigenvalue weighted by molar-refractivity contribution is 5.94. The molecule has 0 radical (unpaired) electrons. The number of rotatable bonds is 8. The molecule has 0 aliphatic rings. The summed E-state index contributed by atoms with van der Waals surface area (Å²) in [4.78, 5) is 35.7. The summed E-state index contributed by atoms with van der Waals surface area (Å²) >= 11 is 0. The summed E-state index contributed by atoms with van der Waals surface area (Å²) in [5.41, 5.74) is 0.462. The van der Waals surface area contributed by atoms with E-state index in [1.54, 1.807) is 57.2 Å². The molecule has 0 spiro atoms. The largest absolute Gasteiger partial charge is 0.484 e. The number of nitrogens with one attached hydrogen (secondary N) is 3. The van der Waals surface area contributed by atoms with Crippen LogP contribution in [0.5, 0.6) is 5.75 Å². The van der Waals surface area contributed by atoms with Crippen LogP contribution in [0.3, 0.4) is 0 Å². The lowest BCUT2D eigenvalue weighted by atomic mass is 10.2. The number of alkyl carbamates (subject to hydrolysis) is 1. The first-order chi connectivity index (χ1) is 14.2. The van der Waals surface area contributed by atoms with Gasteiger partial charge in [-0.1, -0.05) is 24.3 Å². The topological polar surface area (TPSA) is 106 Å². The van der Waals surface area contributed by atoms with E-state index in [0.29, 0.717) is 17.1 Å². The van der Waals surface area contributed by atoms with E-state index >= 15 is 0 Å². The lowest BCUT2D eigenvalue weighted by Gasteiger charge is -2.19. The molecule has 0 heterocycles. The van der Waals surface area contributed by atoms with Crippen molar-refractivity contribution in [2.75, 3.05) is 23.8 Å². The summed E-state index contributed by atoms with van der Waals surface area (Å²) in [6.45, 7) is 5.31. The van der Waals surface area contributed by atoms with Crippen molar-refractivity contribution in [1.29, 1.82) is 0 Å². The summed E-state index contributed by atoms with van der Waals surface area (Å²) in [6, 6.07) is 15.8. The van der Waals surface area contributed by atoms with Gasteiger partial charge in [0.05, 0.1) is 0 Å². The molecule has 0 unspecified atom stereocenters. The van der Waals surface area contributed by atoms with E-state index < -0.39 is 11.7 Å². The zero-order valence-corrected chi connectivity index (χ0v) is 17.4. The van der Waals surface area contributed by atoms with E-state index in [-0.39, 0.29) is 31.4 Å². The van der Waals surface area contributed by atoms with Gasteiger partial charge in [0.1, 0.15) is 11.4 Å². The van der Waals surface area contributed by atoms with Crippen LogP contribution in [-0.2, 0) is 14.3 Å². The van der Waals surface area contributed by atoms with Gasteiger partial charge in [0.15, 0.2) is 6.61 Å². The van der Waals surface area contributed by atoms with E-state index in [1.165, 1.54) is 0 Å². The van der Waals surface area contributed by atoms with Gasteiger partial charge in [-0.3, -0.25) is 9.59 Å². The highest BCUT2D eigenvalue weighted by Crippen LogP contribution is 2.16. The zero-order valence-electron chi connectivity index (χ0n) is 17.4. The Morgan fingerprint density at radius 1 is 0.867 bits per heavy atom. The van der Waals surface area contributed by atoms with Crippen molar-refractivity contribution in [1.82, 2.24) is 5.32 Å². The molecule has 0 aliphatic heterocycles. The lowest BCUT2D eigenvalue weighted by molar-refractivity contribution is -0.118. The number of anilines is 2. The SMILES string of the molecule is CC(C)(C)OC(=O)NCCC(=O)Nc1cccc(NC(=O)COc2ccccc2)c1. The standard InChI is InChI=1S/C22H27N3O5/c1-22(2,3)30-21(28)23-13-12-19(26)24-16-8-7-9-17(14-16)25-20(27)15-29-18-10-5-4-6-11-18/h4-11,14H,12-13,15H2,1-3H3,(H,23,28)(H,24,26)(H,25,27). The number of hydrogen-bond acceptors (Lipinski definition) is 5. The van der Waals surface area contributed by atoms with E-state index in [2.05, 4.69) is 16.0 Å². The fraction of sp³-hybridized carbons (Fsp3) is 0.318. The molecule has 2 aromatic carbocycles. The minimum atomic E-state index is -0.594. The normalized spacial score (nSPS) is 10.6. The molecule has 3 amide bonds. The third-order valence-corrected chi connectivity index (χ3v) is 3.56. The van der Waals surface area contributed by atoms with Crippen molar-refractivity contribution in [2.45, 2.75) is 32.8 Å². The van der Waals surface area contributed by atoms with E-state index in [4.69, 9.17) is 9.47 Å². The number of hydrogen-bond donors (Lipinski definition) is 3. The Morgan fingerprint density at radius 3 is 2.13 bits per heavy atom. The molecule has 30 heavy (non-hydrogen) atoms. The molecule has 2 aromatic rings. The van der Waals surface area contributed by atoms with Gasteiger partial charge < -0.3 is 25.4 Å². The summed E-state index contributed by atoms with van der Waals surface area (Å²) < 4.78 is 10.5. The van der Waals surface area contributed by atoms with Gasteiger partial charge in [-0.2, -0.15) is 0 Å². The highest BCUT2D eigenvalue weighted by atomic mass is 16.6. The molecule has 8 heteroatoms. The number of ether oxygens (including phenoxy) is 2. The Hall–Kier alpha value is -3.55. The minimum absolute atomic E-state index is 0.0841. The zero-order chi connectivity index (χ0) is 22.0. The number of benzene rings is 2. The molecular weight excluding hydrogens is 386 g/mol. The maximum atomic E-state index is 12.1. The van der Waals surface area contributed by atoms with Gasteiger partial charge >= 0.3 is 6.09 Å². The molecule has 0 saturated carbocycles. The molecular formula is C22H27N3O5. The van der Waals surface area contributed by atoms with E-state index in [0.717, 1.165) is 0 Å². The van der Waals surface area contributed by atoms with Crippen molar-refractivity contribution in [3.63, 3.8) is 0 Å². The average molecular weight is 413 g/mol. The molecule has 160 valence electrons. The number of carbonyl (C=O) groups excluding carboxylic acids is 3. The van der Waals surface area contributed by atoms with Crippen LogP contribution in [0.4, 0.5) is 16.2 Å². The lowest BCUT2D eigenvalue weighted by Crippen LogP contribution is -2.34. The summed E-state index contributed by atoms with van der Waals surface area (Å²) in [6.07, 6.45) is -0.487. The average Bonchev–Trinajstić information content (AvgIpc) is 2.66. The van der Waals surface area contributed by atoms with Crippen LogP contribution in [0.25, 0.3) is 0 Å². The molecule has 0 bridgehead atoms. The Kier molecular flexibility index (Phi) is 8.22. The van der Waals surface area contributed by atoms with Crippen LogP contribution < -0.4 is 20.7 Å². The first kappa shape index (κ1) is 22.7. The van der Waals surface area contributed by atoms with Crippen molar-refractivity contribution in [3.05, 3.63) is 54.6 Å². The van der Waals surface area contributed by atoms with Gasteiger partial charge in [-0.05, 0) is 51.1 Å². The van der Waals surface area contributed by atoms with Crippen LogP contribution in [0.15, 0.2) is 54.6 Å². The summed E-state index contributed by atoms with van der Waals surface area (Å²) in [7, 11) is 0. The fourth-order valence-corrected chi connectivity index (χ4v) is 2.35. The number of carbonyl (C=O) groups is 3. The Bertz CT molecular complexity index is 863. The molecule has 8 nitrogen and oxygen atoms in total. The summed E-state index contributed by atoms with van der Waals surface area (Å²) in [5.74, 6) is 0.0134. The molecule has 0 aliphatic carbocycles. The van der Waals surface area contributed by atoms with Crippen LogP contribution in [0.1, 0.15) is 27.2 Å². The van der Waals surface area contributed by atoms with Gasteiger partial charge in [0, 0.05) is 24.3 Å². The molecule has 2 rings (SSSR count). The van der Waals surface area contributed by atoms with Crippen LogP contribution >= 0.6 is 0 Å². The number of amides is 3. The maximum Gasteiger partial charge on any atom is 0.407 e. The second kappa shape index (κ2) is 10.8. The predicted molar refractivity (Wildman–Crippen MR) is 114 cm³/mol. The smallest absolute Gasteiger partial charge is 0.407 e. The van der Waals surface area contributed by atoms with Crippen LogP contribution in [0, 0.1) is 0 Å². The second-order valence-corrected chi connectivity index (χ2v) is 7.46. The van der Waals surface area contributed by atoms with E-state index in [9.17, 15) is 14.4 Å². The second-order valence-electron chi connectivity index (χ2n) is 7.46. The molecule has 0 atom stereocenters. The van der Waals surface area contributed by atoms with Crippen molar-refractivity contribution in [2.24, 2.45) is 0 Å². The Balaban J connectivity index is 1.75. The van der Waals surface area contributed by atoms with Crippen LogP contribution in [0.2, 0.25) is 0 Å². The van der Waals surface area contributed by atoms with Gasteiger partial charge in [-0.15, -0.1) is 0 Å². The molecule has 0 saturated heterocycles. The van der Waals surface area contributed by atoms with Crippen molar-refractivity contribution < 1.29 is 23.9 Å². The quantitative estimate of drug-likeness (QED) is 0.614. The molecule has 3 N–H and O–H groups in total. The van der Waals surface area contributed by atoms with Crippen molar-refractivity contribution >= 4 is 29.3 Å². The van der Waals surface area contributed by atoms with Gasteiger partial charge in [-0.25, -0.2) is 4.79 Å². The summed E-state index contributed by atoms with van der Waals surface area (Å²) in [5, 5.41) is 7.97. The Labute approximate surface area is 175 Å². The molecule has 0 fully saturated rings. The first-order valence-corrected chi connectivity index (χ1v) is 9.56. The third-order valence-electron chi connectivity index (χ3n) is 3.56. The van der Waals surface area contributed by atoms with Crippen LogP contribution in [-0.4, -0.2) is 36.7 Å². The highest BCUT2D eigenvalue weighted by Gasteiger charge is 2.16.